The number of ether oxygens (including phenoxy) is 1. The summed E-state index contributed by atoms with van der Waals surface area (Å²) in [6.45, 7) is -1.63. The van der Waals surface area contributed by atoms with Gasteiger partial charge >= 0.3 is 21.7 Å². The minimum Gasteiger partial charge on any atom is -0.390 e. The number of phosphoric acid groups is 2. The van der Waals surface area contributed by atoms with Crippen LogP contribution in [0.3, 0.4) is 0 Å². The van der Waals surface area contributed by atoms with Crippen molar-refractivity contribution in [2.24, 2.45) is 5.92 Å². The Hall–Kier alpha value is -3.50. The van der Waals surface area contributed by atoms with Crippen molar-refractivity contribution in [2.75, 3.05) is 24.7 Å². The monoisotopic (exact) mass is 692 g/mol. The lowest BCUT2D eigenvalue weighted by Crippen LogP contribution is -2.34. The Morgan fingerprint density at radius 3 is 2.37 bits per heavy atom. The number of aromatic amines is 1. The van der Waals surface area contributed by atoms with Crippen molar-refractivity contribution in [1.29, 1.82) is 0 Å². The normalized spacial score (nSPS) is 37.2. The molecule has 21 nitrogen and oxygen atoms in total. The van der Waals surface area contributed by atoms with E-state index in [1.165, 1.54) is 10.9 Å². The molecule has 4 aromatic heterocycles. The average Bonchev–Trinajstić information content (AvgIpc) is 3.72. The van der Waals surface area contributed by atoms with Crippen LogP contribution < -0.4 is 17.0 Å². The molecule has 3 fully saturated rings. The molecule has 0 spiro atoms. The van der Waals surface area contributed by atoms with Gasteiger partial charge in [0.25, 0.3) is 5.56 Å². The average molecular weight is 692 g/mol. The van der Waals surface area contributed by atoms with Gasteiger partial charge in [-0.15, -0.1) is 0 Å². The topological polar surface area (TPSA) is 300 Å². The van der Waals surface area contributed by atoms with Gasteiger partial charge in [0.1, 0.15) is 18.3 Å². The van der Waals surface area contributed by atoms with Crippen LogP contribution in [0.2, 0.25) is 0 Å². The summed E-state index contributed by atoms with van der Waals surface area (Å²) in [5.41, 5.74) is 10.1. The van der Waals surface area contributed by atoms with Crippen molar-refractivity contribution in [3.8, 4) is 0 Å². The van der Waals surface area contributed by atoms with Crippen LogP contribution in [0.5, 0.6) is 0 Å². The van der Waals surface area contributed by atoms with Crippen molar-refractivity contribution in [1.82, 2.24) is 39.0 Å². The smallest absolute Gasteiger partial charge is 0.390 e. The summed E-state index contributed by atoms with van der Waals surface area (Å²) in [4.78, 5) is 54.8. The summed E-state index contributed by atoms with van der Waals surface area (Å²) in [7, 11) is -10.3. The van der Waals surface area contributed by atoms with Gasteiger partial charge in [-0.05, 0) is 6.42 Å². The van der Waals surface area contributed by atoms with E-state index in [4.69, 9.17) is 34.3 Å². The van der Waals surface area contributed by atoms with Crippen molar-refractivity contribution in [2.45, 2.75) is 49.3 Å². The number of rotatable bonds is 2. The zero-order chi connectivity index (χ0) is 32.7. The van der Waals surface area contributed by atoms with Gasteiger partial charge in [-0.25, -0.2) is 23.5 Å². The first-order valence-electron chi connectivity index (χ1n) is 13.4. The number of hydrogen-bond donors (Lipinski definition) is 6. The Labute approximate surface area is 253 Å². The van der Waals surface area contributed by atoms with Crippen LogP contribution in [0.4, 0.5) is 20.5 Å². The molecule has 0 radical (unpaired) electrons. The molecular weight excluding hydrogens is 668 g/mol. The van der Waals surface area contributed by atoms with Gasteiger partial charge in [0.15, 0.2) is 40.5 Å². The lowest BCUT2D eigenvalue weighted by molar-refractivity contribution is -0.0509. The first-order chi connectivity index (χ1) is 21.7. The molecule has 7 rings (SSSR count). The third-order valence-corrected chi connectivity index (χ3v) is 9.85. The third-order valence-electron chi connectivity index (χ3n) is 7.88. The number of aliphatic hydroxyl groups is 1. The number of nitrogens with one attached hydrogen (secondary N) is 1. The molecule has 8 N–H and O–H groups in total. The second-order valence-corrected chi connectivity index (χ2v) is 13.5. The molecule has 6 unspecified atom stereocenters. The zero-order valence-corrected chi connectivity index (χ0v) is 24.7. The van der Waals surface area contributed by atoms with Gasteiger partial charge in [-0.1, -0.05) is 0 Å². The molecule has 1 saturated carbocycles. The predicted molar refractivity (Wildman–Crippen MR) is 146 cm³/mol. The Morgan fingerprint density at radius 1 is 0.957 bits per heavy atom. The summed E-state index contributed by atoms with van der Waals surface area (Å²) < 4.78 is 84.7. The van der Waals surface area contributed by atoms with Crippen molar-refractivity contribution >= 4 is 49.7 Å². The molecule has 2 aliphatic heterocycles. The highest BCUT2D eigenvalue weighted by molar-refractivity contribution is 7.47. The molecule has 46 heavy (non-hydrogen) atoms. The lowest BCUT2D eigenvalue weighted by atomic mass is 10.1. The maximum absolute atomic E-state index is 15.9. The Bertz CT molecular complexity index is 1990. The van der Waals surface area contributed by atoms with E-state index in [2.05, 4.69) is 29.9 Å². The van der Waals surface area contributed by atoms with E-state index in [0.29, 0.717) is 0 Å². The molecule has 2 saturated heterocycles. The van der Waals surface area contributed by atoms with E-state index in [9.17, 15) is 33.2 Å². The molecule has 0 amide bonds. The number of aliphatic hydroxyl groups excluding tert-OH is 1. The summed E-state index contributed by atoms with van der Waals surface area (Å²) >= 11 is 0. The van der Waals surface area contributed by atoms with E-state index in [0.717, 1.165) is 10.9 Å². The molecule has 248 valence electrons. The fraction of sp³-hybridized carbons (Fsp3) is 0.524. The number of anilines is 2. The molecule has 0 aromatic carbocycles. The van der Waals surface area contributed by atoms with E-state index in [-0.39, 0.29) is 40.5 Å². The van der Waals surface area contributed by atoms with Gasteiger partial charge in [0.2, 0.25) is 5.95 Å². The van der Waals surface area contributed by atoms with E-state index in [1.54, 1.807) is 0 Å². The number of H-pyrrole nitrogens is 1. The molecule has 1 aliphatic carbocycles. The number of nitrogens with two attached hydrogens (primary N) is 2. The Morgan fingerprint density at radius 2 is 1.61 bits per heavy atom. The number of fused-ring (bicyclic) bond motifs is 5. The predicted octanol–water partition coefficient (Wildman–Crippen LogP) is -0.562. The molecule has 10 atom stereocenters. The largest absolute Gasteiger partial charge is 0.472 e. The number of halogens is 2. The van der Waals surface area contributed by atoms with E-state index >= 15 is 4.39 Å². The number of aromatic nitrogens is 8. The van der Waals surface area contributed by atoms with Crippen LogP contribution in [0.15, 0.2) is 17.4 Å². The zero-order valence-electron chi connectivity index (χ0n) is 22.9. The standard InChI is InChI=1S/C21H24F2N10O11P2/c22-9-14-8(42-19(9)33-5-26-10-15(24)28-20(23)29-16(10)33)3-41-46(38,39)43-13-7(1-6(12(13)34)2-40-45(36,37)44-14)32-4-27-11-17(32)30-21(25)31-18(11)35/h4-9,12-14,19,34H,1-3H2,(H,36,37)(H,38,39)(H2,24,28,29)(H3,25,30,31,35)/t6-,7-,8-,9?,12?,13?,14?,19-/m1/s1. The van der Waals surface area contributed by atoms with Gasteiger partial charge < -0.3 is 35.7 Å². The molecule has 25 heteroatoms. The molecule has 4 aromatic rings. The number of nitrogens with zero attached hydrogens (tertiary/aromatic N) is 7. The second kappa shape index (κ2) is 11.0. The SMILES string of the molecule is Nc1nc2c(ncn2[C@@H]2C[C@@H]3COP(=O)(O)OC4C(F)[C@H](n5cnc6c(N)nc(F)nc65)O[C@@H]4COP(=O)(O)OC2C3O)c(=O)[nH]1. The minimum atomic E-state index is -5.13. The lowest BCUT2D eigenvalue weighted by Gasteiger charge is -2.26. The number of nitrogen functional groups attached to an aromatic ring is 2. The second-order valence-electron chi connectivity index (χ2n) is 10.7. The van der Waals surface area contributed by atoms with Crippen LogP contribution in [-0.4, -0.2) is 97.7 Å². The summed E-state index contributed by atoms with van der Waals surface area (Å²) in [5.74, 6) is -1.65. The van der Waals surface area contributed by atoms with Crippen LogP contribution in [0.1, 0.15) is 18.7 Å². The fourth-order valence-electron chi connectivity index (χ4n) is 5.84. The number of alkyl halides is 1. The van der Waals surface area contributed by atoms with Gasteiger partial charge in [0.05, 0.1) is 38.0 Å². The van der Waals surface area contributed by atoms with E-state index in [1.807, 2.05) is 0 Å². The minimum absolute atomic E-state index is 0.0410. The van der Waals surface area contributed by atoms with Crippen LogP contribution >= 0.6 is 15.6 Å². The van der Waals surface area contributed by atoms with Crippen LogP contribution in [0.25, 0.3) is 22.3 Å². The quantitative estimate of drug-likeness (QED) is 0.113. The molecule has 3 aliphatic rings. The summed E-state index contributed by atoms with van der Waals surface area (Å²) in [6.07, 6.45) is -9.99. The van der Waals surface area contributed by atoms with Crippen molar-refractivity contribution in [3.63, 3.8) is 0 Å². The summed E-state index contributed by atoms with van der Waals surface area (Å²) in [5, 5.41) is 11.1. The third kappa shape index (κ3) is 5.37. The van der Waals surface area contributed by atoms with Gasteiger partial charge in [-0.2, -0.15) is 19.3 Å². The van der Waals surface area contributed by atoms with E-state index < -0.39 is 89.3 Å². The highest BCUT2D eigenvalue weighted by Crippen LogP contribution is 2.55. The maximum atomic E-state index is 15.9. The summed E-state index contributed by atoms with van der Waals surface area (Å²) in [6, 6.07) is -1.05. The number of phosphoric ester groups is 2. The first kappa shape index (κ1) is 31.1. The van der Waals surface area contributed by atoms with Crippen molar-refractivity contribution in [3.05, 3.63) is 29.1 Å². The van der Waals surface area contributed by atoms with Gasteiger partial charge in [-0.3, -0.25) is 32.4 Å². The maximum Gasteiger partial charge on any atom is 0.472 e. The fourth-order valence-corrected chi connectivity index (χ4v) is 7.81. The number of imidazole rings is 2. The first-order valence-corrected chi connectivity index (χ1v) is 16.4. The molecular formula is C21H24F2N10O11P2. The van der Waals surface area contributed by atoms with Gasteiger partial charge in [0, 0.05) is 5.92 Å². The Kier molecular flexibility index (Phi) is 7.47. The highest BCUT2D eigenvalue weighted by Gasteiger charge is 2.54. The Balaban J connectivity index is 1.21. The molecule has 6 heterocycles. The van der Waals surface area contributed by atoms with Crippen LogP contribution in [-0.2, 0) is 32.0 Å². The highest BCUT2D eigenvalue weighted by atomic mass is 31.2. The van der Waals surface area contributed by atoms with Crippen molar-refractivity contribution < 1.29 is 55.6 Å². The van der Waals surface area contributed by atoms with Crippen LogP contribution in [0, 0.1) is 12.0 Å². The number of hydrogen-bond acceptors (Lipinski definition) is 16. The molecule has 2 bridgehead atoms.